The Bertz CT molecular complexity index is 1300. The third-order valence-electron chi connectivity index (χ3n) is 6.35. The van der Waals surface area contributed by atoms with Crippen LogP contribution in [0.3, 0.4) is 0 Å². The predicted octanol–water partition coefficient (Wildman–Crippen LogP) is 4.47. The summed E-state index contributed by atoms with van der Waals surface area (Å²) in [5, 5.41) is 24.2. The molecule has 200 valence electrons. The highest BCUT2D eigenvalue weighted by Crippen LogP contribution is 2.39. The molecule has 0 amide bonds. The monoisotopic (exact) mass is 522 g/mol. The maximum atomic E-state index is 13.4. The van der Waals surface area contributed by atoms with Gasteiger partial charge in [-0.15, -0.1) is 0 Å². The second-order valence-corrected chi connectivity index (χ2v) is 9.33. The molecule has 10 nitrogen and oxygen atoms in total. The lowest BCUT2D eigenvalue weighted by molar-refractivity contribution is -0.384. The van der Waals surface area contributed by atoms with Crippen LogP contribution in [-0.4, -0.2) is 34.5 Å². The van der Waals surface area contributed by atoms with Crippen LogP contribution in [0, 0.1) is 22.0 Å². The molecule has 1 aliphatic heterocycles. The van der Waals surface area contributed by atoms with Gasteiger partial charge in [-0.2, -0.15) is 0 Å². The van der Waals surface area contributed by atoms with E-state index >= 15 is 0 Å². The van der Waals surface area contributed by atoms with E-state index < -0.39 is 34.7 Å². The number of nitrogens with one attached hydrogen (secondary N) is 1. The number of carbonyl (C=O) groups excluding carboxylic acids is 2. The highest BCUT2D eigenvalue weighted by molar-refractivity contribution is 5.99. The highest BCUT2D eigenvalue weighted by atomic mass is 16.6. The fourth-order valence-electron chi connectivity index (χ4n) is 4.31. The summed E-state index contributed by atoms with van der Waals surface area (Å²) in [6, 6.07) is 14.6. The first-order chi connectivity index (χ1) is 18.0. The van der Waals surface area contributed by atoms with Crippen LogP contribution in [-0.2, 0) is 30.5 Å². The van der Waals surface area contributed by atoms with Gasteiger partial charge in [0.1, 0.15) is 13.2 Å². The summed E-state index contributed by atoms with van der Waals surface area (Å²) in [6.07, 6.45) is 0. The molecule has 1 heterocycles. The summed E-state index contributed by atoms with van der Waals surface area (Å²) in [4.78, 5) is 49.2. The first-order valence-corrected chi connectivity index (χ1v) is 12.0. The highest BCUT2D eigenvalue weighted by Gasteiger charge is 2.38. The zero-order valence-corrected chi connectivity index (χ0v) is 21.6. The molecule has 0 saturated carbocycles. The topological polar surface area (TPSA) is 145 Å². The lowest BCUT2D eigenvalue weighted by Crippen LogP contribution is -2.34. The Labute approximate surface area is 220 Å². The normalized spacial score (nSPS) is 16.1. The van der Waals surface area contributed by atoms with E-state index in [1.165, 1.54) is 24.3 Å². The van der Waals surface area contributed by atoms with Crippen molar-refractivity contribution in [3.8, 4) is 0 Å². The van der Waals surface area contributed by atoms with E-state index in [0.717, 1.165) is 5.56 Å². The Kier molecular flexibility index (Phi) is 9.01. The molecule has 2 unspecified atom stereocenters. The SMILES string of the molecule is CC1=C(C(=O)O)C(c2cccc([N+](=O)[O-])c2)C(C(=O)OCC(C(=O)OCc2ccccc2)C(C)C)=C(C)N1. The van der Waals surface area contributed by atoms with E-state index in [0.29, 0.717) is 11.4 Å². The van der Waals surface area contributed by atoms with Gasteiger partial charge in [0.2, 0.25) is 0 Å². The fraction of sp³-hybridized carbons (Fsp3) is 0.321. The maximum absolute atomic E-state index is 13.4. The van der Waals surface area contributed by atoms with Crippen LogP contribution >= 0.6 is 0 Å². The largest absolute Gasteiger partial charge is 0.478 e. The quantitative estimate of drug-likeness (QED) is 0.262. The smallest absolute Gasteiger partial charge is 0.336 e. The molecule has 2 aromatic carbocycles. The number of carboxylic acid groups (broad SMARTS) is 1. The molecule has 0 fully saturated rings. The Morgan fingerprint density at radius 2 is 1.66 bits per heavy atom. The van der Waals surface area contributed by atoms with Crippen LogP contribution < -0.4 is 5.32 Å². The summed E-state index contributed by atoms with van der Waals surface area (Å²) < 4.78 is 11.0. The van der Waals surface area contributed by atoms with Crippen LogP contribution in [0.5, 0.6) is 0 Å². The number of esters is 2. The van der Waals surface area contributed by atoms with Crippen LogP contribution in [0.25, 0.3) is 0 Å². The Hall–Kier alpha value is -4.47. The first kappa shape index (κ1) is 28.1. The summed E-state index contributed by atoms with van der Waals surface area (Å²) >= 11 is 0. The van der Waals surface area contributed by atoms with Crippen molar-refractivity contribution in [1.29, 1.82) is 0 Å². The molecule has 2 atom stereocenters. The minimum atomic E-state index is -1.28. The number of rotatable bonds is 10. The summed E-state index contributed by atoms with van der Waals surface area (Å²) in [5.41, 5.74) is 1.34. The van der Waals surface area contributed by atoms with E-state index in [9.17, 15) is 29.6 Å². The summed E-state index contributed by atoms with van der Waals surface area (Å²) in [7, 11) is 0. The second-order valence-electron chi connectivity index (χ2n) is 9.33. The molecule has 0 saturated heterocycles. The van der Waals surface area contributed by atoms with Gasteiger partial charge < -0.3 is 19.9 Å². The van der Waals surface area contributed by atoms with Gasteiger partial charge in [-0.3, -0.25) is 14.9 Å². The van der Waals surface area contributed by atoms with Crippen molar-refractivity contribution in [2.45, 2.75) is 40.2 Å². The number of carbonyl (C=O) groups is 3. The Morgan fingerprint density at radius 3 is 2.26 bits per heavy atom. The molecule has 10 heteroatoms. The van der Waals surface area contributed by atoms with Gasteiger partial charge in [-0.05, 0) is 30.9 Å². The van der Waals surface area contributed by atoms with Gasteiger partial charge in [-0.1, -0.05) is 56.3 Å². The van der Waals surface area contributed by atoms with Crippen molar-refractivity contribution >= 4 is 23.6 Å². The van der Waals surface area contributed by atoms with E-state index in [4.69, 9.17) is 9.47 Å². The van der Waals surface area contributed by atoms with Crippen molar-refractivity contribution < 1.29 is 33.9 Å². The van der Waals surface area contributed by atoms with Crippen LogP contribution in [0.2, 0.25) is 0 Å². The molecule has 0 bridgehead atoms. The number of nitro groups is 1. The number of allylic oxidation sites excluding steroid dienone is 2. The molecule has 2 N–H and O–H groups in total. The van der Waals surface area contributed by atoms with Crippen molar-refractivity contribution in [2.75, 3.05) is 6.61 Å². The van der Waals surface area contributed by atoms with Gasteiger partial charge in [0.25, 0.3) is 5.69 Å². The minimum Gasteiger partial charge on any atom is -0.478 e. The molecule has 0 aliphatic carbocycles. The number of non-ortho nitro benzene ring substituents is 1. The van der Waals surface area contributed by atoms with Crippen molar-refractivity contribution in [2.24, 2.45) is 11.8 Å². The lowest BCUT2D eigenvalue weighted by atomic mass is 9.80. The predicted molar refractivity (Wildman–Crippen MR) is 138 cm³/mol. The standard InChI is InChI=1S/C28H30N2O8/c1-16(2)22(27(33)37-14-19-9-6-5-7-10-19)15-38-28(34)24-18(4)29-17(3)23(26(31)32)25(24)20-11-8-12-21(13-20)30(35)36/h5-13,16,22,25,29H,14-15H2,1-4H3,(H,31,32). The Morgan fingerprint density at radius 1 is 1.00 bits per heavy atom. The van der Waals surface area contributed by atoms with Crippen LogP contribution in [0.15, 0.2) is 77.1 Å². The molecule has 3 rings (SSSR count). The maximum Gasteiger partial charge on any atom is 0.336 e. The number of nitro benzene ring substituents is 1. The zero-order chi connectivity index (χ0) is 28.0. The number of hydrogen-bond acceptors (Lipinski definition) is 8. The minimum absolute atomic E-state index is 0.00587. The van der Waals surface area contributed by atoms with Crippen molar-refractivity contribution in [3.63, 3.8) is 0 Å². The van der Waals surface area contributed by atoms with Gasteiger partial charge in [-0.25, -0.2) is 9.59 Å². The Balaban J connectivity index is 1.86. The third-order valence-corrected chi connectivity index (χ3v) is 6.35. The molecular formula is C28H30N2O8. The molecule has 1 aliphatic rings. The van der Waals surface area contributed by atoms with Crippen LogP contribution in [0.4, 0.5) is 5.69 Å². The number of carboxylic acids is 1. The van der Waals surface area contributed by atoms with E-state index in [1.807, 2.05) is 30.3 Å². The third kappa shape index (κ3) is 6.44. The number of benzene rings is 2. The number of dihydropyridines is 1. The molecule has 38 heavy (non-hydrogen) atoms. The zero-order valence-electron chi connectivity index (χ0n) is 21.6. The van der Waals surface area contributed by atoms with E-state index in [2.05, 4.69) is 5.32 Å². The lowest BCUT2D eigenvalue weighted by Gasteiger charge is -2.30. The van der Waals surface area contributed by atoms with Crippen molar-refractivity contribution in [1.82, 2.24) is 5.32 Å². The van der Waals surface area contributed by atoms with E-state index in [1.54, 1.807) is 27.7 Å². The van der Waals surface area contributed by atoms with Crippen molar-refractivity contribution in [3.05, 3.63) is 98.4 Å². The average Bonchev–Trinajstić information content (AvgIpc) is 2.87. The number of nitrogens with zero attached hydrogens (tertiary/aromatic N) is 1. The molecule has 0 radical (unpaired) electrons. The fourth-order valence-corrected chi connectivity index (χ4v) is 4.31. The number of ether oxygens (including phenoxy) is 2. The van der Waals surface area contributed by atoms with Gasteiger partial charge in [0.15, 0.2) is 0 Å². The van der Waals surface area contributed by atoms with Crippen LogP contribution in [0.1, 0.15) is 44.7 Å². The second kappa shape index (κ2) is 12.2. The average molecular weight is 523 g/mol. The molecule has 0 aromatic heterocycles. The number of aliphatic carboxylic acids is 1. The molecule has 0 spiro atoms. The summed E-state index contributed by atoms with van der Waals surface area (Å²) in [5.74, 6) is -4.74. The number of hydrogen-bond donors (Lipinski definition) is 2. The van der Waals surface area contributed by atoms with Gasteiger partial charge in [0, 0.05) is 23.5 Å². The first-order valence-electron chi connectivity index (χ1n) is 12.0. The molecular weight excluding hydrogens is 492 g/mol. The van der Waals surface area contributed by atoms with Gasteiger partial charge >= 0.3 is 17.9 Å². The van der Waals surface area contributed by atoms with Gasteiger partial charge in [0.05, 0.1) is 27.9 Å². The molecule has 2 aromatic rings. The summed E-state index contributed by atoms with van der Waals surface area (Å²) in [6.45, 7) is 6.54. The van der Waals surface area contributed by atoms with E-state index in [-0.39, 0.29) is 41.5 Å².